The Morgan fingerprint density at radius 1 is 1.00 bits per heavy atom. The van der Waals surface area contributed by atoms with Crippen LogP contribution >= 0.6 is 11.6 Å². The fourth-order valence-corrected chi connectivity index (χ4v) is 2.78. The van der Waals surface area contributed by atoms with Gasteiger partial charge in [-0.2, -0.15) is 0 Å². The number of rotatable bonds is 6. The van der Waals surface area contributed by atoms with Crippen molar-refractivity contribution in [3.63, 3.8) is 0 Å². The molecule has 0 unspecified atom stereocenters. The molecule has 0 aromatic heterocycles. The summed E-state index contributed by atoms with van der Waals surface area (Å²) in [6, 6.07) is 18.6. The molecule has 3 aromatic carbocycles. The molecular weight excluding hydrogens is 378 g/mol. The van der Waals surface area contributed by atoms with Crippen LogP contribution in [0, 0.1) is 6.92 Å². The minimum Gasteiger partial charge on any atom is -0.489 e. The number of nitrogens with one attached hydrogen (secondary N) is 1. The summed E-state index contributed by atoms with van der Waals surface area (Å²) in [6.45, 7) is 2.07. The Labute approximate surface area is 167 Å². The van der Waals surface area contributed by atoms with E-state index in [9.17, 15) is 9.59 Å². The Kier molecular flexibility index (Phi) is 5.96. The molecule has 1 amide bonds. The average molecular weight is 396 g/mol. The predicted molar refractivity (Wildman–Crippen MR) is 108 cm³/mol. The number of carboxylic acid groups (broad SMARTS) is 1. The quantitative estimate of drug-likeness (QED) is 0.603. The Bertz CT molecular complexity index is 1020. The molecule has 2 N–H and O–H groups in total. The molecule has 5 nitrogen and oxygen atoms in total. The van der Waals surface area contributed by atoms with Gasteiger partial charge in [0.15, 0.2) is 0 Å². The van der Waals surface area contributed by atoms with Crippen molar-refractivity contribution >= 4 is 29.2 Å². The van der Waals surface area contributed by atoms with Crippen LogP contribution < -0.4 is 10.1 Å². The number of carbonyl (C=O) groups is 2. The summed E-state index contributed by atoms with van der Waals surface area (Å²) in [5.74, 6) is -0.644. The van der Waals surface area contributed by atoms with E-state index in [2.05, 4.69) is 5.32 Å². The minimum atomic E-state index is -0.979. The molecule has 0 radical (unpaired) electrons. The number of benzene rings is 3. The standard InChI is InChI=1S/C22H18ClNO4/c1-14-19(23)6-3-7-20(14)24-21(25)16-8-10-18(11-9-16)28-13-15-4-2-5-17(12-15)22(26)27/h2-12H,13H2,1H3,(H,24,25)(H,26,27). The maximum Gasteiger partial charge on any atom is 0.335 e. The van der Waals surface area contributed by atoms with Gasteiger partial charge in [0.25, 0.3) is 5.91 Å². The Balaban J connectivity index is 1.63. The molecule has 0 spiro atoms. The van der Waals surface area contributed by atoms with E-state index in [-0.39, 0.29) is 18.1 Å². The van der Waals surface area contributed by atoms with Gasteiger partial charge in [-0.3, -0.25) is 4.79 Å². The molecule has 0 atom stereocenters. The first-order valence-corrected chi connectivity index (χ1v) is 8.93. The first-order valence-electron chi connectivity index (χ1n) is 8.55. The highest BCUT2D eigenvalue weighted by Gasteiger charge is 2.10. The lowest BCUT2D eigenvalue weighted by Gasteiger charge is -2.10. The van der Waals surface area contributed by atoms with Crippen LogP contribution in [-0.4, -0.2) is 17.0 Å². The number of amides is 1. The Morgan fingerprint density at radius 3 is 2.43 bits per heavy atom. The van der Waals surface area contributed by atoms with Gasteiger partial charge < -0.3 is 15.2 Å². The van der Waals surface area contributed by atoms with E-state index in [4.69, 9.17) is 21.4 Å². The molecule has 0 saturated carbocycles. The van der Waals surface area contributed by atoms with Crippen molar-refractivity contribution in [3.8, 4) is 5.75 Å². The molecule has 142 valence electrons. The van der Waals surface area contributed by atoms with E-state index in [1.807, 2.05) is 6.92 Å². The van der Waals surface area contributed by atoms with E-state index in [1.54, 1.807) is 60.7 Å². The van der Waals surface area contributed by atoms with Crippen LogP contribution in [0.4, 0.5) is 5.69 Å². The van der Waals surface area contributed by atoms with Crippen LogP contribution in [0.3, 0.4) is 0 Å². The second kappa shape index (κ2) is 8.59. The van der Waals surface area contributed by atoms with Gasteiger partial charge in [-0.1, -0.05) is 29.8 Å². The lowest BCUT2D eigenvalue weighted by Crippen LogP contribution is -2.12. The smallest absolute Gasteiger partial charge is 0.335 e. The normalized spacial score (nSPS) is 10.4. The largest absolute Gasteiger partial charge is 0.489 e. The molecule has 0 bridgehead atoms. The zero-order chi connectivity index (χ0) is 20.1. The fourth-order valence-electron chi connectivity index (χ4n) is 2.60. The summed E-state index contributed by atoms with van der Waals surface area (Å²) in [5, 5.41) is 12.5. The van der Waals surface area contributed by atoms with E-state index < -0.39 is 5.97 Å². The lowest BCUT2D eigenvalue weighted by molar-refractivity contribution is 0.0696. The maximum atomic E-state index is 12.4. The highest BCUT2D eigenvalue weighted by atomic mass is 35.5. The van der Waals surface area contributed by atoms with E-state index in [0.29, 0.717) is 22.0 Å². The van der Waals surface area contributed by atoms with E-state index >= 15 is 0 Å². The van der Waals surface area contributed by atoms with E-state index in [0.717, 1.165) is 11.1 Å². The van der Waals surface area contributed by atoms with Gasteiger partial charge in [-0.05, 0) is 66.6 Å². The minimum absolute atomic E-state index is 0.212. The number of carbonyl (C=O) groups excluding carboxylic acids is 1. The van der Waals surface area contributed by atoms with Gasteiger partial charge in [0, 0.05) is 16.3 Å². The molecule has 28 heavy (non-hydrogen) atoms. The monoisotopic (exact) mass is 395 g/mol. The number of halogens is 1. The number of hydrogen-bond acceptors (Lipinski definition) is 3. The Morgan fingerprint density at radius 2 is 1.71 bits per heavy atom. The van der Waals surface area contributed by atoms with Gasteiger partial charge in [0.05, 0.1) is 5.56 Å². The van der Waals surface area contributed by atoms with Crippen molar-refractivity contribution in [2.45, 2.75) is 13.5 Å². The summed E-state index contributed by atoms with van der Waals surface area (Å²) in [5.41, 5.74) is 2.92. The molecule has 0 aliphatic heterocycles. The first kappa shape index (κ1) is 19.5. The number of hydrogen-bond donors (Lipinski definition) is 2. The summed E-state index contributed by atoms with van der Waals surface area (Å²) >= 11 is 6.08. The van der Waals surface area contributed by atoms with Crippen LogP contribution in [0.25, 0.3) is 0 Å². The third-order valence-electron chi connectivity index (χ3n) is 4.21. The van der Waals surface area contributed by atoms with Crippen LogP contribution in [-0.2, 0) is 6.61 Å². The molecular formula is C22H18ClNO4. The Hall–Kier alpha value is -3.31. The van der Waals surface area contributed by atoms with Gasteiger partial charge in [0.2, 0.25) is 0 Å². The third kappa shape index (κ3) is 4.69. The fraction of sp³-hybridized carbons (Fsp3) is 0.0909. The maximum absolute atomic E-state index is 12.4. The van der Waals surface area contributed by atoms with Gasteiger partial charge in [-0.15, -0.1) is 0 Å². The topological polar surface area (TPSA) is 75.6 Å². The lowest BCUT2D eigenvalue weighted by atomic mass is 10.1. The molecule has 3 rings (SSSR count). The van der Waals surface area contributed by atoms with E-state index in [1.165, 1.54) is 6.07 Å². The van der Waals surface area contributed by atoms with Crippen LogP contribution in [0.15, 0.2) is 66.7 Å². The molecule has 0 heterocycles. The number of ether oxygens (including phenoxy) is 1. The second-order valence-corrected chi connectivity index (χ2v) is 6.59. The van der Waals surface area contributed by atoms with Gasteiger partial charge in [-0.25, -0.2) is 4.79 Å². The van der Waals surface area contributed by atoms with Gasteiger partial charge >= 0.3 is 5.97 Å². The van der Waals surface area contributed by atoms with Crippen LogP contribution in [0.5, 0.6) is 5.75 Å². The van der Waals surface area contributed by atoms with Crippen molar-refractivity contribution in [2.24, 2.45) is 0 Å². The zero-order valence-electron chi connectivity index (χ0n) is 15.1. The highest BCUT2D eigenvalue weighted by Crippen LogP contribution is 2.24. The summed E-state index contributed by atoms with van der Waals surface area (Å²) in [4.78, 5) is 23.4. The molecule has 0 fully saturated rings. The van der Waals surface area contributed by atoms with Gasteiger partial charge in [0.1, 0.15) is 12.4 Å². The van der Waals surface area contributed by atoms with Crippen molar-refractivity contribution in [1.29, 1.82) is 0 Å². The van der Waals surface area contributed by atoms with Crippen molar-refractivity contribution in [3.05, 3.63) is 94.0 Å². The summed E-state index contributed by atoms with van der Waals surface area (Å²) in [6.07, 6.45) is 0. The number of aromatic carboxylic acids is 1. The zero-order valence-corrected chi connectivity index (χ0v) is 15.9. The number of anilines is 1. The summed E-state index contributed by atoms with van der Waals surface area (Å²) in [7, 11) is 0. The second-order valence-electron chi connectivity index (χ2n) is 6.19. The van der Waals surface area contributed by atoms with Crippen molar-refractivity contribution in [1.82, 2.24) is 0 Å². The molecule has 6 heteroatoms. The average Bonchev–Trinajstić information content (AvgIpc) is 2.70. The van der Waals surface area contributed by atoms with Crippen LogP contribution in [0.1, 0.15) is 31.8 Å². The first-order chi connectivity index (χ1) is 13.4. The molecule has 0 saturated heterocycles. The molecule has 0 aliphatic carbocycles. The van der Waals surface area contributed by atoms with Crippen molar-refractivity contribution < 1.29 is 19.4 Å². The molecule has 3 aromatic rings. The van der Waals surface area contributed by atoms with Crippen LogP contribution in [0.2, 0.25) is 5.02 Å². The number of carboxylic acids is 1. The summed E-state index contributed by atoms with van der Waals surface area (Å²) < 4.78 is 5.67. The third-order valence-corrected chi connectivity index (χ3v) is 4.62. The van der Waals surface area contributed by atoms with Crippen molar-refractivity contribution in [2.75, 3.05) is 5.32 Å². The molecule has 0 aliphatic rings. The SMILES string of the molecule is Cc1c(Cl)cccc1NC(=O)c1ccc(OCc2cccc(C(=O)O)c2)cc1. The predicted octanol–water partition coefficient (Wildman–Crippen LogP) is 5.18. The highest BCUT2D eigenvalue weighted by molar-refractivity contribution is 6.31.